The molecule has 0 spiro atoms. The average Bonchev–Trinajstić information content (AvgIpc) is 3.86. The number of aromatic nitrogens is 6. The van der Waals surface area contributed by atoms with Crippen LogP contribution in [0.3, 0.4) is 0 Å². The van der Waals surface area contributed by atoms with Gasteiger partial charge in [-0.1, -0.05) is 86.7 Å². The first-order valence-electron chi connectivity index (χ1n) is 21.1. The van der Waals surface area contributed by atoms with Crippen LogP contribution in [0.5, 0.6) is 0 Å². The Morgan fingerprint density at radius 3 is 1.56 bits per heavy atom. The molecule has 62 heavy (non-hydrogen) atoms. The van der Waals surface area contributed by atoms with Crippen molar-refractivity contribution in [3.63, 3.8) is 0 Å². The Hall–Kier alpha value is -7.96. The zero-order valence-corrected chi connectivity index (χ0v) is 35.4. The largest absolute Gasteiger partial charge is 0.308 e. The first kappa shape index (κ1) is 39.5. The van der Waals surface area contributed by atoms with Crippen LogP contribution in [0.15, 0.2) is 201 Å². The van der Waals surface area contributed by atoms with E-state index < -0.39 is 0 Å². The standard InChI is InChI=1S/C51H34N6.C3H6.C2H6/c1-33-43(38-12-3-11-36(28-38)40-14-6-24-53-32-40)20-22-46-49(33)51-48(18-8-26-55-51)57(46)42-16-4-15-41(30-42)56-45-21-19-37(29-44(45)50-47(56)17-7-25-54-50)34-9-2-10-35(27-34)39-13-5-23-52-31-39;1-3-2;1-2/h2-32H,1H3;3H,1H2,2H3;1-2H3. The molecule has 0 aliphatic heterocycles. The molecule has 0 amide bonds. The lowest BCUT2D eigenvalue weighted by Crippen LogP contribution is -1.99. The normalized spacial score (nSPS) is 11.0. The second kappa shape index (κ2) is 17.3. The minimum atomic E-state index is 0.972. The van der Waals surface area contributed by atoms with Crippen molar-refractivity contribution < 1.29 is 0 Å². The molecule has 0 aliphatic carbocycles. The molecule has 6 aromatic heterocycles. The van der Waals surface area contributed by atoms with E-state index >= 15 is 0 Å². The summed E-state index contributed by atoms with van der Waals surface area (Å²) in [6, 6.07) is 53.9. The summed E-state index contributed by atoms with van der Waals surface area (Å²) in [5.74, 6) is 0. The Kier molecular flexibility index (Phi) is 11.0. The number of fused-ring (bicyclic) bond motifs is 6. The van der Waals surface area contributed by atoms with Crippen molar-refractivity contribution in [1.29, 1.82) is 0 Å². The number of allylic oxidation sites excluding steroid dienone is 1. The van der Waals surface area contributed by atoms with E-state index in [0.29, 0.717) is 0 Å². The van der Waals surface area contributed by atoms with Gasteiger partial charge in [0.15, 0.2) is 0 Å². The van der Waals surface area contributed by atoms with Gasteiger partial charge in [0.2, 0.25) is 0 Å². The van der Waals surface area contributed by atoms with E-state index in [9.17, 15) is 0 Å². The van der Waals surface area contributed by atoms with E-state index in [2.05, 4.69) is 160 Å². The highest BCUT2D eigenvalue weighted by molar-refractivity contribution is 6.11. The summed E-state index contributed by atoms with van der Waals surface area (Å²) in [6.45, 7) is 11.5. The van der Waals surface area contributed by atoms with E-state index in [-0.39, 0.29) is 0 Å². The lowest BCUT2D eigenvalue weighted by Gasteiger charge is -2.14. The van der Waals surface area contributed by atoms with E-state index in [1.807, 2.05) is 82.2 Å². The van der Waals surface area contributed by atoms with Gasteiger partial charge in [-0.3, -0.25) is 19.9 Å². The Bertz CT molecular complexity index is 3360. The van der Waals surface area contributed by atoms with Crippen molar-refractivity contribution in [1.82, 2.24) is 29.1 Å². The first-order valence-corrected chi connectivity index (χ1v) is 21.1. The van der Waals surface area contributed by atoms with E-state index in [1.54, 1.807) is 6.08 Å². The van der Waals surface area contributed by atoms with Crippen molar-refractivity contribution in [2.24, 2.45) is 0 Å². The summed E-state index contributed by atoms with van der Waals surface area (Å²) < 4.78 is 4.69. The third-order valence-corrected chi connectivity index (χ3v) is 11.2. The van der Waals surface area contributed by atoms with Crippen LogP contribution < -0.4 is 0 Å². The molecular weight excluding hydrogens is 757 g/mol. The number of benzene rings is 5. The van der Waals surface area contributed by atoms with Gasteiger partial charge in [0, 0.05) is 70.5 Å². The fourth-order valence-electron chi connectivity index (χ4n) is 8.55. The maximum Gasteiger partial charge on any atom is 0.0966 e. The predicted octanol–water partition coefficient (Wildman–Crippen LogP) is 14.7. The first-order chi connectivity index (χ1) is 30.6. The van der Waals surface area contributed by atoms with Crippen LogP contribution in [-0.4, -0.2) is 29.1 Å². The van der Waals surface area contributed by atoms with Gasteiger partial charge in [-0.25, -0.2) is 0 Å². The van der Waals surface area contributed by atoms with Gasteiger partial charge in [-0.05, 0) is 138 Å². The molecular formula is C56H46N6. The van der Waals surface area contributed by atoms with Crippen LogP contribution in [0, 0.1) is 6.92 Å². The SMILES string of the molecule is C=CC.CC.Cc1c(-c2cccc(-c3cccnc3)c2)ccc2c1c1ncccc1n2-c1cccc(-n2c3ccc(-c4cccc(-c5cccnc5)c4)cc3c3ncccc32)c1. The maximum atomic E-state index is 4.98. The molecule has 6 heteroatoms. The van der Waals surface area contributed by atoms with Crippen molar-refractivity contribution >= 4 is 43.9 Å². The molecule has 5 aromatic carbocycles. The number of hydrogen-bond donors (Lipinski definition) is 0. The minimum absolute atomic E-state index is 0.972. The molecule has 0 atom stereocenters. The molecule has 11 rings (SSSR count). The van der Waals surface area contributed by atoms with Crippen molar-refractivity contribution in [2.45, 2.75) is 27.7 Å². The lowest BCUT2D eigenvalue weighted by molar-refractivity contribution is 1.13. The molecule has 0 unspecified atom stereocenters. The Balaban J connectivity index is 0.000000942. The van der Waals surface area contributed by atoms with Crippen LogP contribution in [0.4, 0.5) is 0 Å². The molecule has 0 saturated heterocycles. The van der Waals surface area contributed by atoms with Crippen LogP contribution in [0.25, 0.3) is 99.8 Å². The molecule has 0 N–H and O–H groups in total. The fourth-order valence-corrected chi connectivity index (χ4v) is 8.55. The molecule has 0 saturated carbocycles. The zero-order valence-electron chi connectivity index (χ0n) is 35.4. The molecule has 0 aliphatic rings. The van der Waals surface area contributed by atoms with Gasteiger partial charge in [-0.15, -0.1) is 6.58 Å². The monoisotopic (exact) mass is 802 g/mol. The fraction of sp³-hybridized carbons (Fsp3) is 0.0714. The zero-order chi connectivity index (χ0) is 42.6. The summed E-state index contributed by atoms with van der Waals surface area (Å²) in [7, 11) is 0. The number of aryl methyl sites for hydroxylation is 1. The van der Waals surface area contributed by atoms with Crippen LogP contribution in [-0.2, 0) is 0 Å². The van der Waals surface area contributed by atoms with E-state index in [1.165, 1.54) is 16.7 Å². The highest BCUT2D eigenvalue weighted by Crippen LogP contribution is 2.40. The van der Waals surface area contributed by atoms with Gasteiger partial charge in [-0.2, -0.15) is 0 Å². The summed E-state index contributed by atoms with van der Waals surface area (Å²) >= 11 is 0. The van der Waals surface area contributed by atoms with Crippen LogP contribution >= 0.6 is 0 Å². The second-order valence-electron chi connectivity index (χ2n) is 14.9. The third-order valence-electron chi connectivity index (χ3n) is 11.2. The summed E-state index contributed by atoms with van der Waals surface area (Å²) in [5.41, 5.74) is 18.8. The highest BCUT2D eigenvalue weighted by atomic mass is 15.0. The van der Waals surface area contributed by atoms with Gasteiger partial charge in [0.1, 0.15) is 0 Å². The molecule has 6 heterocycles. The molecule has 0 radical (unpaired) electrons. The summed E-state index contributed by atoms with van der Waals surface area (Å²) in [5, 5.41) is 2.26. The molecule has 11 aromatic rings. The molecule has 6 nitrogen and oxygen atoms in total. The number of hydrogen-bond acceptors (Lipinski definition) is 4. The van der Waals surface area contributed by atoms with Gasteiger partial charge in [0.05, 0.1) is 33.1 Å². The number of pyridine rings is 4. The smallest absolute Gasteiger partial charge is 0.0966 e. The van der Waals surface area contributed by atoms with E-state index in [0.717, 1.165) is 88.6 Å². The Morgan fingerprint density at radius 2 is 0.935 bits per heavy atom. The van der Waals surface area contributed by atoms with Crippen LogP contribution in [0.1, 0.15) is 26.3 Å². The van der Waals surface area contributed by atoms with Crippen molar-refractivity contribution in [3.05, 3.63) is 207 Å². The topological polar surface area (TPSA) is 61.4 Å². The number of nitrogens with zero attached hydrogens (tertiary/aromatic N) is 6. The van der Waals surface area contributed by atoms with Gasteiger partial charge >= 0.3 is 0 Å². The second-order valence-corrected chi connectivity index (χ2v) is 14.9. The quantitative estimate of drug-likeness (QED) is 0.157. The average molecular weight is 803 g/mol. The molecule has 0 fully saturated rings. The lowest BCUT2D eigenvalue weighted by atomic mass is 9.95. The number of rotatable bonds is 6. The van der Waals surface area contributed by atoms with Crippen molar-refractivity contribution in [2.75, 3.05) is 0 Å². The summed E-state index contributed by atoms with van der Waals surface area (Å²) in [6.07, 6.45) is 13.0. The molecule has 0 bridgehead atoms. The van der Waals surface area contributed by atoms with Crippen LogP contribution in [0.2, 0.25) is 0 Å². The van der Waals surface area contributed by atoms with E-state index in [4.69, 9.17) is 9.97 Å². The predicted molar refractivity (Wildman–Crippen MR) is 260 cm³/mol. The minimum Gasteiger partial charge on any atom is -0.308 e. The Morgan fingerprint density at radius 1 is 0.452 bits per heavy atom. The summed E-state index contributed by atoms with van der Waals surface area (Å²) in [4.78, 5) is 18.6. The highest BCUT2D eigenvalue weighted by Gasteiger charge is 2.20. The van der Waals surface area contributed by atoms with Gasteiger partial charge in [0.25, 0.3) is 0 Å². The van der Waals surface area contributed by atoms with Gasteiger partial charge < -0.3 is 9.13 Å². The maximum absolute atomic E-state index is 4.98. The molecule has 300 valence electrons. The van der Waals surface area contributed by atoms with Crippen molar-refractivity contribution in [3.8, 4) is 55.9 Å². The Labute approximate surface area is 362 Å². The third kappa shape index (κ3) is 7.11.